The van der Waals surface area contributed by atoms with Gasteiger partial charge in [-0.25, -0.2) is 9.18 Å². The second-order valence-electron chi connectivity index (χ2n) is 4.97. The van der Waals surface area contributed by atoms with Crippen molar-refractivity contribution in [1.82, 2.24) is 0 Å². The number of carbonyl (C=O) groups is 2. The Kier molecular flexibility index (Phi) is 5.81. The molecule has 2 rings (SSSR count). The maximum Gasteiger partial charge on any atom is 0.339 e. The first-order valence-electron chi connectivity index (χ1n) is 6.99. The summed E-state index contributed by atoms with van der Waals surface area (Å²) in [6.07, 6.45) is -1.15. The molecule has 0 spiro atoms. The molecular weight excluding hydrogens is 399 g/mol. The van der Waals surface area contributed by atoms with Crippen LogP contribution in [0.2, 0.25) is 0 Å². The third-order valence-electron chi connectivity index (χ3n) is 3.14. The van der Waals surface area contributed by atoms with Crippen LogP contribution in [0.3, 0.4) is 0 Å². The predicted molar refractivity (Wildman–Crippen MR) is 90.7 cm³/mol. The first-order chi connectivity index (χ1) is 11.8. The monoisotopic (exact) mass is 410 g/mol. The number of hydrogen-bond acceptors (Lipinski definition) is 5. The average molecular weight is 411 g/mol. The molecule has 0 saturated heterocycles. The molecule has 0 aromatic heterocycles. The number of amides is 1. The van der Waals surface area contributed by atoms with E-state index in [0.29, 0.717) is 5.69 Å². The Morgan fingerprint density at radius 2 is 1.88 bits per heavy atom. The summed E-state index contributed by atoms with van der Waals surface area (Å²) in [5.41, 5.74) is -0.0113. The number of anilines is 1. The van der Waals surface area contributed by atoms with E-state index < -0.39 is 28.7 Å². The fourth-order valence-corrected chi connectivity index (χ4v) is 2.23. The van der Waals surface area contributed by atoms with Gasteiger partial charge in [-0.15, -0.1) is 0 Å². The highest BCUT2D eigenvalue weighted by Gasteiger charge is 2.21. The van der Waals surface area contributed by atoms with Crippen molar-refractivity contribution in [2.75, 3.05) is 5.32 Å². The fraction of sp³-hybridized carbons (Fsp3) is 0.125. The van der Waals surface area contributed by atoms with E-state index in [9.17, 15) is 24.1 Å². The van der Waals surface area contributed by atoms with Crippen LogP contribution in [-0.4, -0.2) is 22.9 Å². The van der Waals surface area contributed by atoms with Crippen LogP contribution in [0.5, 0.6) is 0 Å². The fourth-order valence-electron chi connectivity index (χ4n) is 1.84. The predicted octanol–water partition coefficient (Wildman–Crippen LogP) is 3.68. The molecule has 0 fully saturated rings. The van der Waals surface area contributed by atoms with E-state index in [1.807, 2.05) is 0 Å². The lowest BCUT2D eigenvalue weighted by Crippen LogP contribution is -2.30. The third-order valence-corrected chi connectivity index (χ3v) is 3.81. The standard InChI is InChI=1S/C16H12BrFN2O5/c1-9(15(21)19-12-5-3-11(18)4-6-12)25-16(22)10-2-7-13(17)14(8-10)20(23)24/h2-9H,1H3,(H,19,21)/t9-/m0/s1. The maximum absolute atomic E-state index is 12.8. The zero-order valence-electron chi connectivity index (χ0n) is 12.9. The molecule has 0 saturated carbocycles. The number of carbonyl (C=O) groups excluding carboxylic acids is 2. The summed E-state index contributed by atoms with van der Waals surface area (Å²) in [6.45, 7) is 1.35. The van der Waals surface area contributed by atoms with E-state index in [0.717, 1.165) is 6.07 Å². The van der Waals surface area contributed by atoms with Crippen LogP contribution < -0.4 is 5.32 Å². The highest BCUT2D eigenvalue weighted by atomic mass is 79.9. The third kappa shape index (κ3) is 4.83. The van der Waals surface area contributed by atoms with Crippen LogP contribution in [-0.2, 0) is 9.53 Å². The molecule has 1 N–H and O–H groups in total. The van der Waals surface area contributed by atoms with Crippen molar-refractivity contribution in [1.29, 1.82) is 0 Å². The molecule has 9 heteroatoms. The van der Waals surface area contributed by atoms with Gasteiger partial charge in [-0.1, -0.05) is 0 Å². The van der Waals surface area contributed by atoms with Crippen LogP contribution >= 0.6 is 15.9 Å². The van der Waals surface area contributed by atoms with E-state index in [4.69, 9.17) is 4.74 Å². The van der Waals surface area contributed by atoms with Crippen LogP contribution in [0.25, 0.3) is 0 Å². The molecule has 1 atom stereocenters. The van der Waals surface area contributed by atoms with Gasteiger partial charge >= 0.3 is 5.97 Å². The van der Waals surface area contributed by atoms with Gasteiger partial charge in [0.15, 0.2) is 6.10 Å². The summed E-state index contributed by atoms with van der Waals surface area (Å²) < 4.78 is 18.1. The molecule has 0 radical (unpaired) electrons. The van der Waals surface area contributed by atoms with Gasteiger partial charge < -0.3 is 10.1 Å². The van der Waals surface area contributed by atoms with Crippen LogP contribution in [0.4, 0.5) is 15.8 Å². The Hall–Kier alpha value is -2.81. The van der Waals surface area contributed by atoms with E-state index in [1.54, 1.807) is 0 Å². The Labute approximate surface area is 150 Å². The molecular formula is C16H12BrFN2O5. The highest BCUT2D eigenvalue weighted by Crippen LogP contribution is 2.26. The lowest BCUT2D eigenvalue weighted by atomic mass is 10.2. The molecule has 130 valence electrons. The van der Waals surface area contributed by atoms with Gasteiger partial charge in [0.2, 0.25) is 0 Å². The Morgan fingerprint density at radius 3 is 2.48 bits per heavy atom. The molecule has 0 aliphatic heterocycles. The van der Waals surface area contributed by atoms with Crippen molar-refractivity contribution in [2.45, 2.75) is 13.0 Å². The van der Waals surface area contributed by atoms with Gasteiger partial charge in [-0.2, -0.15) is 0 Å². The number of ether oxygens (including phenoxy) is 1. The molecule has 0 aliphatic rings. The molecule has 2 aromatic rings. The second kappa shape index (κ2) is 7.84. The minimum atomic E-state index is -1.15. The van der Waals surface area contributed by atoms with Gasteiger partial charge in [-0.3, -0.25) is 14.9 Å². The van der Waals surface area contributed by atoms with Gasteiger partial charge in [0, 0.05) is 11.8 Å². The molecule has 0 unspecified atom stereocenters. The number of nitro benzene ring substituents is 1. The minimum Gasteiger partial charge on any atom is -0.449 e. The molecule has 0 heterocycles. The number of rotatable bonds is 5. The maximum atomic E-state index is 12.8. The average Bonchev–Trinajstić information content (AvgIpc) is 2.56. The lowest BCUT2D eigenvalue weighted by Gasteiger charge is -2.13. The molecule has 0 bridgehead atoms. The molecule has 2 aromatic carbocycles. The van der Waals surface area contributed by atoms with Crippen molar-refractivity contribution >= 4 is 39.2 Å². The van der Waals surface area contributed by atoms with E-state index in [2.05, 4.69) is 21.2 Å². The largest absolute Gasteiger partial charge is 0.449 e. The second-order valence-corrected chi connectivity index (χ2v) is 5.82. The molecule has 25 heavy (non-hydrogen) atoms. The zero-order chi connectivity index (χ0) is 18.6. The van der Waals surface area contributed by atoms with Gasteiger partial charge in [0.05, 0.1) is 15.0 Å². The number of nitrogens with one attached hydrogen (secondary N) is 1. The van der Waals surface area contributed by atoms with Crippen molar-refractivity contribution in [3.8, 4) is 0 Å². The van der Waals surface area contributed by atoms with Crippen LogP contribution in [0, 0.1) is 15.9 Å². The number of hydrogen-bond donors (Lipinski definition) is 1. The van der Waals surface area contributed by atoms with Gasteiger partial charge in [0.25, 0.3) is 11.6 Å². The molecule has 1 amide bonds. The number of halogens is 2. The Morgan fingerprint density at radius 1 is 1.24 bits per heavy atom. The first kappa shape index (κ1) is 18.5. The van der Waals surface area contributed by atoms with E-state index in [1.165, 1.54) is 43.3 Å². The Balaban J connectivity index is 2.04. The van der Waals surface area contributed by atoms with Crippen molar-refractivity contribution in [2.24, 2.45) is 0 Å². The van der Waals surface area contributed by atoms with Gasteiger partial charge in [-0.05, 0) is 59.3 Å². The molecule has 7 nitrogen and oxygen atoms in total. The highest BCUT2D eigenvalue weighted by molar-refractivity contribution is 9.10. The summed E-state index contributed by atoms with van der Waals surface area (Å²) in [7, 11) is 0. The summed E-state index contributed by atoms with van der Waals surface area (Å²) >= 11 is 3.01. The zero-order valence-corrected chi connectivity index (χ0v) is 14.4. The summed E-state index contributed by atoms with van der Waals surface area (Å²) in [5.74, 6) is -1.95. The van der Waals surface area contributed by atoms with Crippen LogP contribution in [0.1, 0.15) is 17.3 Å². The quantitative estimate of drug-likeness (QED) is 0.460. The van der Waals surface area contributed by atoms with Crippen molar-refractivity contribution in [3.63, 3.8) is 0 Å². The number of nitro groups is 1. The Bertz CT molecular complexity index is 826. The van der Waals surface area contributed by atoms with Gasteiger partial charge in [0.1, 0.15) is 5.82 Å². The number of esters is 1. The summed E-state index contributed by atoms with van der Waals surface area (Å²) in [5, 5.41) is 13.4. The van der Waals surface area contributed by atoms with Crippen molar-refractivity contribution in [3.05, 3.63) is 68.4 Å². The first-order valence-corrected chi connectivity index (χ1v) is 7.78. The van der Waals surface area contributed by atoms with E-state index >= 15 is 0 Å². The van der Waals surface area contributed by atoms with Crippen molar-refractivity contribution < 1.29 is 23.6 Å². The summed E-state index contributed by atoms with van der Waals surface area (Å²) in [4.78, 5) is 34.3. The molecule has 0 aliphatic carbocycles. The number of nitrogens with zero attached hydrogens (tertiary/aromatic N) is 1. The van der Waals surface area contributed by atoms with E-state index in [-0.39, 0.29) is 15.7 Å². The number of benzene rings is 2. The lowest BCUT2D eigenvalue weighted by molar-refractivity contribution is -0.385. The smallest absolute Gasteiger partial charge is 0.339 e. The van der Waals surface area contributed by atoms with Crippen LogP contribution in [0.15, 0.2) is 46.9 Å². The normalized spacial score (nSPS) is 11.5. The summed E-state index contributed by atoms with van der Waals surface area (Å²) in [6, 6.07) is 8.80. The topological polar surface area (TPSA) is 98.5 Å². The SMILES string of the molecule is C[C@H](OC(=O)c1ccc(Br)c([N+](=O)[O-])c1)C(=O)Nc1ccc(F)cc1. The minimum absolute atomic E-state index is 0.0590.